The minimum absolute atomic E-state index is 0.701. The van der Waals surface area contributed by atoms with Gasteiger partial charge in [-0.2, -0.15) is 0 Å². The Morgan fingerprint density at radius 3 is 2.94 bits per heavy atom. The van der Waals surface area contributed by atoms with Crippen molar-refractivity contribution < 1.29 is 0 Å². The molecule has 1 unspecified atom stereocenters. The molecule has 0 bridgehead atoms. The van der Waals surface area contributed by atoms with Gasteiger partial charge in [-0.3, -0.25) is 0 Å². The van der Waals surface area contributed by atoms with E-state index in [0.717, 1.165) is 47.7 Å². The fraction of sp³-hybridized carbons (Fsp3) is 0.500. The number of aromatic nitrogens is 2. The molecule has 2 aromatic rings. The topological polar surface area (TPSA) is 54.7 Å². The van der Waals surface area contributed by atoms with E-state index in [0.29, 0.717) is 5.92 Å². The lowest BCUT2D eigenvalue weighted by molar-refractivity contribution is 0.440. The summed E-state index contributed by atoms with van der Waals surface area (Å²) in [4.78, 5) is 7.91. The van der Waals surface area contributed by atoms with Crippen molar-refractivity contribution in [2.24, 2.45) is 11.7 Å². The predicted molar refractivity (Wildman–Crippen MR) is 76.9 cm³/mol. The summed E-state index contributed by atoms with van der Waals surface area (Å²) in [6.45, 7) is 2.99. The summed E-state index contributed by atoms with van der Waals surface area (Å²) in [6, 6.07) is 5.75. The van der Waals surface area contributed by atoms with E-state index in [4.69, 9.17) is 17.3 Å². The molecule has 4 heteroatoms. The van der Waals surface area contributed by atoms with Gasteiger partial charge in [-0.25, -0.2) is 4.98 Å². The van der Waals surface area contributed by atoms with E-state index in [-0.39, 0.29) is 0 Å². The Morgan fingerprint density at radius 2 is 2.22 bits per heavy atom. The van der Waals surface area contributed by atoms with Crippen molar-refractivity contribution in [2.45, 2.75) is 32.6 Å². The lowest BCUT2D eigenvalue weighted by atomic mass is 9.96. The van der Waals surface area contributed by atoms with Crippen LogP contribution in [0.2, 0.25) is 5.02 Å². The molecule has 2 rings (SSSR count). The van der Waals surface area contributed by atoms with Crippen molar-refractivity contribution >= 4 is 22.6 Å². The first-order chi connectivity index (χ1) is 8.72. The van der Waals surface area contributed by atoms with Crippen molar-refractivity contribution in [3.63, 3.8) is 0 Å². The number of aryl methyl sites for hydroxylation is 1. The molecule has 0 aliphatic carbocycles. The van der Waals surface area contributed by atoms with Crippen LogP contribution in [0.15, 0.2) is 18.2 Å². The van der Waals surface area contributed by atoms with E-state index in [1.54, 1.807) is 0 Å². The van der Waals surface area contributed by atoms with E-state index >= 15 is 0 Å². The SMILES string of the molecule is CCC(CCN)CCc1nc2ccc(Cl)cc2[nH]1. The number of fused-ring (bicyclic) bond motifs is 1. The second kappa shape index (κ2) is 6.21. The molecule has 98 valence electrons. The molecule has 0 saturated carbocycles. The van der Waals surface area contributed by atoms with Crippen LogP contribution in [0, 0.1) is 5.92 Å². The number of halogens is 1. The minimum atomic E-state index is 0.701. The molecular weight excluding hydrogens is 246 g/mol. The van der Waals surface area contributed by atoms with Gasteiger partial charge in [0, 0.05) is 11.4 Å². The number of hydrogen-bond donors (Lipinski definition) is 2. The average molecular weight is 266 g/mol. The Balaban J connectivity index is 2.03. The number of nitrogens with one attached hydrogen (secondary N) is 1. The molecule has 0 aliphatic heterocycles. The minimum Gasteiger partial charge on any atom is -0.342 e. The molecule has 1 atom stereocenters. The second-order valence-electron chi connectivity index (χ2n) is 4.74. The first-order valence-corrected chi connectivity index (χ1v) is 6.95. The molecule has 1 aromatic heterocycles. The Morgan fingerprint density at radius 1 is 1.39 bits per heavy atom. The molecule has 0 fully saturated rings. The number of H-pyrrole nitrogens is 1. The summed E-state index contributed by atoms with van der Waals surface area (Å²) in [5, 5.41) is 0.743. The van der Waals surface area contributed by atoms with Crippen LogP contribution in [0.3, 0.4) is 0 Å². The summed E-state index contributed by atoms with van der Waals surface area (Å²) < 4.78 is 0. The van der Waals surface area contributed by atoms with Crippen molar-refractivity contribution in [1.29, 1.82) is 0 Å². The lowest BCUT2D eigenvalue weighted by Crippen LogP contribution is -2.09. The number of hydrogen-bond acceptors (Lipinski definition) is 2. The molecule has 3 nitrogen and oxygen atoms in total. The molecule has 1 heterocycles. The largest absolute Gasteiger partial charge is 0.342 e. The third kappa shape index (κ3) is 3.24. The van der Waals surface area contributed by atoms with E-state index in [2.05, 4.69) is 16.9 Å². The van der Waals surface area contributed by atoms with Gasteiger partial charge in [0.05, 0.1) is 11.0 Å². The first kappa shape index (κ1) is 13.4. The van der Waals surface area contributed by atoms with E-state index in [1.807, 2.05) is 18.2 Å². The molecular formula is C14H20ClN3. The van der Waals surface area contributed by atoms with Crippen molar-refractivity contribution in [1.82, 2.24) is 9.97 Å². The maximum atomic E-state index is 5.96. The van der Waals surface area contributed by atoms with E-state index in [9.17, 15) is 0 Å². The highest BCUT2D eigenvalue weighted by atomic mass is 35.5. The summed E-state index contributed by atoms with van der Waals surface area (Å²) in [5.41, 5.74) is 7.62. The van der Waals surface area contributed by atoms with Crippen LogP contribution in [0.4, 0.5) is 0 Å². The van der Waals surface area contributed by atoms with Gasteiger partial charge < -0.3 is 10.7 Å². The molecule has 0 aliphatic rings. The fourth-order valence-corrected chi connectivity index (χ4v) is 2.45. The van der Waals surface area contributed by atoms with Crippen LogP contribution in [0.1, 0.15) is 32.0 Å². The van der Waals surface area contributed by atoms with Crippen LogP contribution in [-0.2, 0) is 6.42 Å². The summed E-state index contributed by atoms with van der Waals surface area (Å²) in [6.07, 6.45) is 4.40. The zero-order chi connectivity index (χ0) is 13.0. The molecule has 0 spiro atoms. The molecule has 18 heavy (non-hydrogen) atoms. The number of rotatable bonds is 6. The highest BCUT2D eigenvalue weighted by Crippen LogP contribution is 2.19. The Labute approximate surface area is 113 Å². The first-order valence-electron chi connectivity index (χ1n) is 6.57. The van der Waals surface area contributed by atoms with Crippen molar-refractivity contribution in [3.05, 3.63) is 29.0 Å². The monoisotopic (exact) mass is 265 g/mol. The quantitative estimate of drug-likeness (QED) is 0.840. The number of imidazole rings is 1. The smallest absolute Gasteiger partial charge is 0.107 e. The number of nitrogens with zero attached hydrogens (tertiary/aromatic N) is 1. The summed E-state index contributed by atoms with van der Waals surface area (Å²) >= 11 is 5.96. The normalized spacial score (nSPS) is 13.1. The molecule has 3 N–H and O–H groups in total. The third-order valence-electron chi connectivity index (χ3n) is 3.43. The van der Waals surface area contributed by atoms with Crippen LogP contribution < -0.4 is 5.73 Å². The summed E-state index contributed by atoms with van der Waals surface area (Å²) in [5.74, 6) is 1.74. The van der Waals surface area contributed by atoms with Gasteiger partial charge >= 0.3 is 0 Å². The van der Waals surface area contributed by atoms with Gasteiger partial charge in [-0.05, 0) is 43.5 Å². The highest BCUT2D eigenvalue weighted by Gasteiger charge is 2.08. The number of nitrogens with two attached hydrogens (primary N) is 1. The second-order valence-corrected chi connectivity index (χ2v) is 5.17. The van der Waals surface area contributed by atoms with Gasteiger partial charge in [0.25, 0.3) is 0 Å². The zero-order valence-corrected chi connectivity index (χ0v) is 11.5. The van der Waals surface area contributed by atoms with Gasteiger partial charge in [0.2, 0.25) is 0 Å². The molecule has 0 saturated heterocycles. The molecule has 1 aromatic carbocycles. The maximum absolute atomic E-state index is 5.96. The third-order valence-corrected chi connectivity index (χ3v) is 3.67. The van der Waals surface area contributed by atoms with Crippen LogP contribution in [0.25, 0.3) is 11.0 Å². The van der Waals surface area contributed by atoms with E-state index in [1.165, 1.54) is 6.42 Å². The van der Waals surface area contributed by atoms with Crippen LogP contribution >= 0.6 is 11.6 Å². The van der Waals surface area contributed by atoms with Gasteiger partial charge in [0.15, 0.2) is 0 Å². The highest BCUT2D eigenvalue weighted by molar-refractivity contribution is 6.31. The Hall–Kier alpha value is -1.06. The molecule has 0 amide bonds. The maximum Gasteiger partial charge on any atom is 0.107 e. The van der Waals surface area contributed by atoms with E-state index < -0.39 is 0 Å². The van der Waals surface area contributed by atoms with Crippen molar-refractivity contribution in [3.8, 4) is 0 Å². The van der Waals surface area contributed by atoms with Crippen LogP contribution in [-0.4, -0.2) is 16.5 Å². The Bertz CT molecular complexity index is 507. The Kier molecular flexibility index (Phi) is 4.61. The lowest BCUT2D eigenvalue weighted by Gasteiger charge is -2.11. The fourth-order valence-electron chi connectivity index (χ4n) is 2.28. The van der Waals surface area contributed by atoms with Gasteiger partial charge in [-0.1, -0.05) is 24.9 Å². The van der Waals surface area contributed by atoms with Crippen LogP contribution in [0.5, 0.6) is 0 Å². The number of aromatic amines is 1. The van der Waals surface area contributed by atoms with Gasteiger partial charge in [0.1, 0.15) is 5.82 Å². The zero-order valence-electron chi connectivity index (χ0n) is 10.7. The average Bonchev–Trinajstić information content (AvgIpc) is 2.76. The van der Waals surface area contributed by atoms with Crippen molar-refractivity contribution in [2.75, 3.05) is 6.54 Å². The predicted octanol–water partition coefficient (Wildman–Crippen LogP) is 3.52. The summed E-state index contributed by atoms with van der Waals surface area (Å²) in [7, 11) is 0. The number of benzene rings is 1. The van der Waals surface area contributed by atoms with Gasteiger partial charge in [-0.15, -0.1) is 0 Å². The molecule has 0 radical (unpaired) electrons. The standard InChI is InChI=1S/C14H20ClN3/c1-2-10(7-8-16)3-6-14-17-12-5-4-11(15)9-13(12)18-14/h4-5,9-10H,2-3,6-8,16H2,1H3,(H,17,18).